The molecule has 1 saturated carbocycles. The zero-order valence-corrected chi connectivity index (χ0v) is 9.14. The average Bonchev–Trinajstić information content (AvgIpc) is 2.17. The smallest absolute Gasteiger partial charge is 0.307 e. The Balaban J connectivity index is 2.04. The third-order valence-corrected chi connectivity index (χ3v) is 4.10. The Bertz CT molecular complexity index is 422. The molecule has 0 aliphatic heterocycles. The first kappa shape index (κ1) is 11.4. The molecule has 2 nitrogen and oxygen atoms in total. The number of rotatable bonds is 3. The van der Waals surface area contributed by atoms with Gasteiger partial charge in [-0.3, -0.25) is 4.79 Å². The minimum atomic E-state index is -0.892. The van der Waals surface area contributed by atoms with Crippen LogP contribution in [0.2, 0.25) is 0 Å². The lowest BCUT2D eigenvalue weighted by atomic mass is 9.85. The van der Waals surface area contributed by atoms with Gasteiger partial charge in [-0.25, -0.2) is 8.78 Å². The molecule has 2 unspecified atom stereocenters. The molecule has 1 aromatic carbocycles. The second kappa shape index (κ2) is 4.41. The fraction of sp³-hybridized carbons (Fsp3) is 0.364. The third-order valence-electron chi connectivity index (χ3n) is 2.71. The Morgan fingerprint density at radius 2 is 2.06 bits per heavy atom. The highest BCUT2D eigenvalue weighted by Crippen LogP contribution is 2.41. The molecule has 16 heavy (non-hydrogen) atoms. The maximum Gasteiger partial charge on any atom is 0.307 e. The molecule has 0 bridgehead atoms. The van der Waals surface area contributed by atoms with E-state index in [1.807, 2.05) is 0 Å². The van der Waals surface area contributed by atoms with E-state index in [4.69, 9.17) is 5.11 Å². The van der Waals surface area contributed by atoms with E-state index in [0.29, 0.717) is 11.3 Å². The molecule has 1 N–H and O–H groups in total. The van der Waals surface area contributed by atoms with Gasteiger partial charge in [-0.1, -0.05) is 0 Å². The number of carboxylic acid groups (broad SMARTS) is 1. The van der Waals surface area contributed by atoms with Crippen molar-refractivity contribution in [2.24, 2.45) is 5.92 Å². The van der Waals surface area contributed by atoms with Crippen LogP contribution < -0.4 is 0 Å². The summed E-state index contributed by atoms with van der Waals surface area (Å²) >= 11 is 1.30. The van der Waals surface area contributed by atoms with Crippen LogP contribution in [0.4, 0.5) is 8.78 Å². The maximum atomic E-state index is 12.9. The van der Waals surface area contributed by atoms with E-state index in [0.717, 1.165) is 18.6 Å². The summed E-state index contributed by atoms with van der Waals surface area (Å²) in [6, 6.07) is 3.64. The first-order valence-corrected chi connectivity index (χ1v) is 5.80. The molecule has 1 fully saturated rings. The minimum Gasteiger partial charge on any atom is -0.481 e. The second-order valence-corrected chi connectivity index (χ2v) is 5.07. The van der Waals surface area contributed by atoms with Gasteiger partial charge in [0.15, 0.2) is 11.6 Å². The summed E-state index contributed by atoms with van der Waals surface area (Å²) in [4.78, 5) is 11.3. The third kappa shape index (κ3) is 2.19. The summed E-state index contributed by atoms with van der Waals surface area (Å²) < 4.78 is 25.6. The van der Waals surface area contributed by atoms with Gasteiger partial charge in [-0.15, -0.1) is 11.8 Å². The first-order valence-electron chi connectivity index (χ1n) is 4.92. The Hall–Kier alpha value is -1.10. The lowest BCUT2D eigenvalue weighted by Crippen LogP contribution is -2.35. The molecule has 1 aromatic rings. The van der Waals surface area contributed by atoms with Gasteiger partial charge in [0.25, 0.3) is 0 Å². The highest BCUT2D eigenvalue weighted by molar-refractivity contribution is 8.00. The topological polar surface area (TPSA) is 37.3 Å². The van der Waals surface area contributed by atoms with E-state index in [1.165, 1.54) is 17.8 Å². The van der Waals surface area contributed by atoms with Crippen LogP contribution in [-0.2, 0) is 4.79 Å². The number of aliphatic carboxylic acids is 1. The number of halogens is 2. The van der Waals surface area contributed by atoms with Crippen molar-refractivity contribution in [2.45, 2.75) is 23.0 Å². The summed E-state index contributed by atoms with van der Waals surface area (Å²) in [6.07, 6.45) is 1.47. The number of carboxylic acids is 1. The van der Waals surface area contributed by atoms with Crippen molar-refractivity contribution in [1.82, 2.24) is 0 Å². The normalized spacial score (nSPS) is 23.9. The number of thioether (sulfide) groups is 1. The van der Waals surface area contributed by atoms with Crippen molar-refractivity contribution < 1.29 is 18.7 Å². The van der Waals surface area contributed by atoms with Crippen LogP contribution in [0.15, 0.2) is 23.1 Å². The van der Waals surface area contributed by atoms with Gasteiger partial charge >= 0.3 is 5.97 Å². The quantitative estimate of drug-likeness (QED) is 0.888. The van der Waals surface area contributed by atoms with E-state index in [1.54, 1.807) is 0 Å². The molecular formula is C11H10F2O2S. The molecule has 2 atom stereocenters. The highest BCUT2D eigenvalue weighted by Gasteiger charge is 2.37. The van der Waals surface area contributed by atoms with Crippen LogP contribution in [0.25, 0.3) is 0 Å². The van der Waals surface area contributed by atoms with Crippen molar-refractivity contribution in [2.75, 3.05) is 0 Å². The van der Waals surface area contributed by atoms with Crippen LogP contribution in [0, 0.1) is 17.6 Å². The van der Waals surface area contributed by atoms with Crippen molar-refractivity contribution in [3.05, 3.63) is 29.8 Å². The van der Waals surface area contributed by atoms with Crippen molar-refractivity contribution >= 4 is 17.7 Å². The fourth-order valence-corrected chi connectivity index (χ4v) is 2.96. The molecule has 86 valence electrons. The molecule has 0 radical (unpaired) electrons. The molecule has 2 rings (SSSR count). The zero-order valence-electron chi connectivity index (χ0n) is 8.32. The van der Waals surface area contributed by atoms with Gasteiger partial charge in [0.05, 0.1) is 5.92 Å². The van der Waals surface area contributed by atoms with E-state index in [2.05, 4.69) is 0 Å². The lowest BCUT2D eigenvalue weighted by Gasteiger charge is -2.32. The second-order valence-electron chi connectivity index (χ2n) is 3.75. The number of carbonyl (C=O) groups is 1. The van der Waals surface area contributed by atoms with Crippen LogP contribution in [0.3, 0.4) is 0 Å². The Morgan fingerprint density at radius 3 is 2.56 bits per heavy atom. The monoisotopic (exact) mass is 244 g/mol. The van der Waals surface area contributed by atoms with Crippen LogP contribution in [0.5, 0.6) is 0 Å². The lowest BCUT2D eigenvalue weighted by molar-refractivity contribution is -0.144. The van der Waals surface area contributed by atoms with Gasteiger partial charge in [0, 0.05) is 10.1 Å². The summed E-state index contributed by atoms with van der Waals surface area (Å²) in [5, 5.41) is 8.81. The van der Waals surface area contributed by atoms with Gasteiger partial charge in [0.2, 0.25) is 0 Å². The van der Waals surface area contributed by atoms with Crippen molar-refractivity contribution in [1.29, 1.82) is 0 Å². The molecule has 0 heterocycles. The molecule has 1 aliphatic rings. The van der Waals surface area contributed by atoms with Crippen LogP contribution >= 0.6 is 11.8 Å². The summed E-state index contributed by atoms with van der Waals surface area (Å²) in [6.45, 7) is 0. The predicted octanol–water partition coefficient (Wildman–Crippen LogP) is 2.92. The number of benzene rings is 1. The fourth-order valence-electron chi connectivity index (χ4n) is 1.62. The van der Waals surface area contributed by atoms with Crippen molar-refractivity contribution in [3.8, 4) is 0 Å². The van der Waals surface area contributed by atoms with E-state index in [9.17, 15) is 13.6 Å². The van der Waals surface area contributed by atoms with E-state index < -0.39 is 17.6 Å². The summed E-state index contributed by atoms with van der Waals surface area (Å²) in [5.41, 5.74) is 0. The standard InChI is InChI=1S/C11H10F2O2S/c12-8-3-1-6(5-9(8)13)16-10-4-2-7(10)11(14)15/h1,3,5,7,10H,2,4H2,(H,14,15). The number of hydrogen-bond donors (Lipinski definition) is 1. The van der Waals surface area contributed by atoms with Crippen molar-refractivity contribution in [3.63, 3.8) is 0 Å². The maximum absolute atomic E-state index is 12.9. The van der Waals surface area contributed by atoms with Gasteiger partial charge in [-0.05, 0) is 31.0 Å². The van der Waals surface area contributed by atoms with E-state index >= 15 is 0 Å². The van der Waals surface area contributed by atoms with Crippen LogP contribution in [-0.4, -0.2) is 16.3 Å². The zero-order chi connectivity index (χ0) is 11.7. The summed E-state index contributed by atoms with van der Waals surface area (Å²) in [7, 11) is 0. The molecule has 0 amide bonds. The highest BCUT2D eigenvalue weighted by atomic mass is 32.2. The first-order chi connectivity index (χ1) is 7.58. The van der Waals surface area contributed by atoms with Gasteiger partial charge in [0.1, 0.15) is 0 Å². The van der Waals surface area contributed by atoms with E-state index in [-0.39, 0.29) is 11.2 Å². The van der Waals surface area contributed by atoms with Gasteiger partial charge in [-0.2, -0.15) is 0 Å². The molecule has 5 heteroatoms. The SMILES string of the molecule is O=C(O)C1CCC1Sc1ccc(F)c(F)c1. The number of hydrogen-bond acceptors (Lipinski definition) is 2. The average molecular weight is 244 g/mol. The Kier molecular flexibility index (Phi) is 3.14. The predicted molar refractivity (Wildman–Crippen MR) is 56.4 cm³/mol. The Morgan fingerprint density at radius 1 is 1.31 bits per heavy atom. The Labute approximate surface area is 95.7 Å². The molecule has 0 saturated heterocycles. The molecular weight excluding hydrogens is 234 g/mol. The summed E-state index contributed by atoms with van der Waals surface area (Å²) in [5.74, 6) is -2.95. The molecule has 1 aliphatic carbocycles. The van der Waals surface area contributed by atoms with Gasteiger partial charge < -0.3 is 5.11 Å². The van der Waals surface area contributed by atoms with Crippen LogP contribution in [0.1, 0.15) is 12.8 Å². The minimum absolute atomic E-state index is 0.0256. The molecule has 0 spiro atoms. The molecule has 0 aromatic heterocycles. The largest absolute Gasteiger partial charge is 0.481 e.